The van der Waals surface area contributed by atoms with Crippen molar-refractivity contribution < 1.29 is 18.8 Å². The van der Waals surface area contributed by atoms with Crippen LogP contribution in [0.5, 0.6) is 0 Å². The molecule has 1 fully saturated rings. The van der Waals surface area contributed by atoms with Crippen molar-refractivity contribution in [2.45, 2.75) is 25.5 Å². The highest BCUT2D eigenvalue weighted by Gasteiger charge is 2.22. The fourth-order valence-corrected chi connectivity index (χ4v) is 2.56. The van der Waals surface area contributed by atoms with Gasteiger partial charge in [0.25, 0.3) is 0 Å². The molecule has 8 nitrogen and oxygen atoms in total. The average molecular weight is 320 g/mol. The zero-order chi connectivity index (χ0) is 16.2. The standard InChI is InChI=1S/C15H20N4O4/c1-18(9-14(21)19-5-2-12(20)3-6-19)8-13-16-15(17-23-13)11-4-7-22-10-11/h4,7,10,12,20H,2-3,5-6,8-9H2,1H3. The number of aliphatic hydroxyl groups excluding tert-OH is 1. The first-order valence-electron chi connectivity index (χ1n) is 7.61. The number of likely N-dealkylation sites (N-methyl/N-ethyl adjacent to an activating group) is 1. The lowest BCUT2D eigenvalue weighted by atomic mass is 10.1. The van der Waals surface area contributed by atoms with E-state index in [9.17, 15) is 9.90 Å². The molecule has 0 saturated carbocycles. The van der Waals surface area contributed by atoms with Gasteiger partial charge in [0.1, 0.15) is 6.26 Å². The van der Waals surface area contributed by atoms with Crippen LogP contribution < -0.4 is 0 Å². The van der Waals surface area contributed by atoms with Gasteiger partial charge in [-0.1, -0.05) is 5.16 Å². The fourth-order valence-electron chi connectivity index (χ4n) is 2.56. The van der Waals surface area contributed by atoms with Crippen LogP contribution >= 0.6 is 0 Å². The highest BCUT2D eigenvalue weighted by molar-refractivity contribution is 5.78. The number of aliphatic hydroxyl groups is 1. The summed E-state index contributed by atoms with van der Waals surface area (Å²) in [4.78, 5) is 20.1. The first-order chi connectivity index (χ1) is 11.1. The molecule has 1 aliphatic rings. The van der Waals surface area contributed by atoms with Crippen LogP contribution in [0.4, 0.5) is 0 Å². The highest BCUT2D eigenvalue weighted by atomic mass is 16.5. The summed E-state index contributed by atoms with van der Waals surface area (Å²) in [6.07, 6.45) is 4.11. The number of amides is 1. The summed E-state index contributed by atoms with van der Waals surface area (Å²) in [5, 5.41) is 13.4. The number of hydrogen-bond donors (Lipinski definition) is 1. The summed E-state index contributed by atoms with van der Waals surface area (Å²) in [6, 6.07) is 1.76. The van der Waals surface area contributed by atoms with Crippen LogP contribution in [0.15, 0.2) is 27.5 Å². The Kier molecular flexibility index (Phi) is 4.73. The van der Waals surface area contributed by atoms with Gasteiger partial charge in [0.05, 0.1) is 31.0 Å². The molecule has 23 heavy (non-hydrogen) atoms. The largest absolute Gasteiger partial charge is 0.472 e. The summed E-state index contributed by atoms with van der Waals surface area (Å²) in [6.45, 7) is 1.89. The van der Waals surface area contributed by atoms with Crippen LogP contribution in [-0.2, 0) is 11.3 Å². The molecule has 0 aliphatic carbocycles. The molecule has 2 aromatic rings. The second kappa shape index (κ2) is 6.93. The lowest BCUT2D eigenvalue weighted by Gasteiger charge is -2.30. The number of aromatic nitrogens is 2. The van der Waals surface area contributed by atoms with Crippen molar-refractivity contribution in [2.24, 2.45) is 0 Å². The van der Waals surface area contributed by atoms with E-state index in [0.29, 0.717) is 44.2 Å². The fraction of sp³-hybridized carbons (Fsp3) is 0.533. The van der Waals surface area contributed by atoms with Gasteiger partial charge < -0.3 is 18.9 Å². The quantitative estimate of drug-likeness (QED) is 0.868. The summed E-state index contributed by atoms with van der Waals surface area (Å²) < 4.78 is 10.2. The Morgan fingerprint density at radius 3 is 2.96 bits per heavy atom. The van der Waals surface area contributed by atoms with Crippen LogP contribution in [0.25, 0.3) is 11.4 Å². The lowest BCUT2D eigenvalue weighted by molar-refractivity contribution is -0.134. The third kappa shape index (κ3) is 3.96. The number of rotatable bonds is 5. The molecule has 0 atom stereocenters. The minimum absolute atomic E-state index is 0.0500. The molecule has 0 bridgehead atoms. The van der Waals surface area contributed by atoms with Gasteiger partial charge >= 0.3 is 0 Å². The normalized spacial score (nSPS) is 16.2. The Balaban J connectivity index is 1.51. The number of piperidine rings is 1. The van der Waals surface area contributed by atoms with E-state index in [1.807, 2.05) is 11.9 Å². The average Bonchev–Trinajstić information content (AvgIpc) is 3.18. The van der Waals surface area contributed by atoms with E-state index >= 15 is 0 Å². The molecule has 1 saturated heterocycles. The molecule has 3 heterocycles. The second-order valence-electron chi connectivity index (χ2n) is 5.81. The molecule has 2 aromatic heterocycles. The van der Waals surface area contributed by atoms with Crippen molar-refractivity contribution in [2.75, 3.05) is 26.7 Å². The van der Waals surface area contributed by atoms with Gasteiger partial charge in [-0.3, -0.25) is 9.69 Å². The topological polar surface area (TPSA) is 95.8 Å². The maximum Gasteiger partial charge on any atom is 0.241 e. The molecular formula is C15H20N4O4. The Labute approximate surface area is 133 Å². The molecule has 124 valence electrons. The number of nitrogens with zero attached hydrogens (tertiary/aromatic N) is 4. The molecule has 1 amide bonds. The summed E-state index contributed by atoms with van der Waals surface area (Å²) in [5.74, 6) is 0.970. The van der Waals surface area contributed by atoms with Crippen LogP contribution in [0.2, 0.25) is 0 Å². The van der Waals surface area contributed by atoms with Crippen LogP contribution in [0.1, 0.15) is 18.7 Å². The molecule has 0 spiro atoms. The summed E-state index contributed by atoms with van der Waals surface area (Å²) in [7, 11) is 1.83. The van der Waals surface area contributed by atoms with Gasteiger partial charge in [0.15, 0.2) is 0 Å². The van der Waals surface area contributed by atoms with Gasteiger partial charge in [-0.05, 0) is 26.0 Å². The zero-order valence-electron chi connectivity index (χ0n) is 13.0. The monoisotopic (exact) mass is 320 g/mol. The summed E-state index contributed by atoms with van der Waals surface area (Å²) in [5.41, 5.74) is 0.755. The molecule has 0 radical (unpaired) electrons. The molecule has 1 aliphatic heterocycles. The maximum absolute atomic E-state index is 12.2. The molecule has 1 N–H and O–H groups in total. The first kappa shape index (κ1) is 15.7. The zero-order valence-corrected chi connectivity index (χ0v) is 13.0. The van der Waals surface area contributed by atoms with Crippen molar-refractivity contribution in [1.29, 1.82) is 0 Å². The number of likely N-dealkylation sites (tertiary alicyclic amines) is 1. The lowest BCUT2D eigenvalue weighted by Crippen LogP contribution is -2.44. The predicted octanol–water partition coefficient (Wildman–Crippen LogP) is 0.745. The van der Waals surface area contributed by atoms with Gasteiger partial charge in [0, 0.05) is 13.1 Å². The van der Waals surface area contributed by atoms with Gasteiger partial charge in [0.2, 0.25) is 17.6 Å². The maximum atomic E-state index is 12.2. The Bertz CT molecular complexity index is 632. The number of carbonyl (C=O) groups is 1. The van der Waals surface area contributed by atoms with E-state index in [-0.39, 0.29) is 18.6 Å². The van der Waals surface area contributed by atoms with Crippen molar-refractivity contribution in [3.05, 3.63) is 24.5 Å². The SMILES string of the molecule is CN(CC(=O)N1CCC(O)CC1)Cc1nc(-c2ccoc2)no1. The molecule has 3 rings (SSSR count). The Hall–Kier alpha value is -2.19. The van der Waals surface area contributed by atoms with E-state index in [4.69, 9.17) is 8.94 Å². The molecule has 0 unspecified atom stereocenters. The number of hydrogen-bond acceptors (Lipinski definition) is 7. The van der Waals surface area contributed by atoms with E-state index in [2.05, 4.69) is 10.1 Å². The Morgan fingerprint density at radius 2 is 2.26 bits per heavy atom. The number of furan rings is 1. The molecule has 8 heteroatoms. The second-order valence-corrected chi connectivity index (χ2v) is 5.81. The minimum atomic E-state index is -0.281. The van der Waals surface area contributed by atoms with Crippen molar-refractivity contribution in [3.63, 3.8) is 0 Å². The summed E-state index contributed by atoms with van der Waals surface area (Å²) >= 11 is 0. The van der Waals surface area contributed by atoms with Crippen molar-refractivity contribution >= 4 is 5.91 Å². The van der Waals surface area contributed by atoms with Crippen LogP contribution in [0, 0.1) is 0 Å². The van der Waals surface area contributed by atoms with Gasteiger partial charge in [-0.15, -0.1) is 0 Å². The van der Waals surface area contributed by atoms with Crippen molar-refractivity contribution in [1.82, 2.24) is 19.9 Å². The first-order valence-corrected chi connectivity index (χ1v) is 7.61. The van der Waals surface area contributed by atoms with E-state index < -0.39 is 0 Å². The van der Waals surface area contributed by atoms with Crippen LogP contribution in [0.3, 0.4) is 0 Å². The van der Waals surface area contributed by atoms with E-state index in [0.717, 1.165) is 5.56 Å². The van der Waals surface area contributed by atoms with E-state index in [1.165, 1.54) is 0 Å². The van der Waals surface area contributed by atoms with E-state index in [1.54, 1.807) is 23.5 Å². The smallest absolute Gasteiger partial charge is 0.241 e. The van der Waals surface area contributed by atoms with Gasteiger partial charge in [-0.25, -0.2) is 0 Å². The highest BCUT2D eigenvalue weighted by Crippen LogP contribution is 2.16. The predicted molar refractivity (Wildman–Crippen MR) is 80.2 cm³/mol. The Morgan fingerprint density at radius 1 is 1.48 bits per heavy atom. The number of carbonyl (C=O) groups excluding carboxylic acids is 1. The van der Waals surface area contributed by atoms with Crippen molar-refractivity contribution in [3.8, 4) is 11.4 Å². The van der Waals surface area contributed by atoms with Gasteiger partial charge in [-0.2, -0.15) is 4.98 Å². The van der Waals surface area contributed by atoms with Crippen LogP contribution in [-0.4, -0.2) is 63.7 Å². The third-order valence-electron chi connectivity index (χ3n) is 3.88. The molecular weight excluding hydrogens is 300 g/mol. The third-order valence-corrected chi connectivity index (χ3v) is 3.88. The minimum Gasteiger partial charge on any atom is -0.472 e. The molecule has 0 aromatic carbocycles.